The topological polar surface area (TPSA) is 77.1 Å². The molecule has 0 radical (unpaired) electrons. The van der Waals surface area contributed by atoms with Crippen molar-refractivity contribution in [3.05, 3.63) is 53.3 Å². The zero-order valence-corrected chi connectivity index (χ0v) is 18.9. The summed E-state index contributed by atoms with van der Waals surface area (Å²) in [6, 6.07) is 9.23. The van der Waals surface area contributed by atoms with E-state index in [4.69, 9.17) is 14.2 Å². The third-order valence-corrected chi connectivity index (χ3v) is 5.81. The maximum Gasteiger partial charge on any atom is 0.254 e. The summed E-state index contributed by atoms with van der Waals surface area (Å²) in [5.74, 6) is 0.542. The molecule has 172 valence electrons. The zero-order valence-electron chi connectivity index (χ0n) is 18.9. The van der Waals surface area contributed by atoms with Crippen molar-refractivity contribution in [3.8, 4) is 17.2 Å². The Bertz CT molecular complexity index is 954. The van der Waals surface area contributed by atoms with Crippen molar-refractivity contribution in [1.29, 1.82) is 0 Å². The van der Waals surface area contributed by atoms with Crippen LogP contribution in [0.25, 0.3) is 0 Å². The van der Waals surface area contributed by atoms with Crippen LogP contribution in [0.1, 0.15) is 35.7 Å². The van der Waals surface area contributed by atoms with E-state index in [0.717, 1.165) is 5.56 Å². The standard InChI is InChI=1S/C24H29FN2O5/c1-24(23(29)26-14-16-6-8-18(25)9-7-16)10-5-11-27(15-24)22(28)17-12-19(30-2)21(32-4)20(13-17)31-3/h6-9,12-13H,5,10-11,14-15H2,1-4H3,(H,26,29)/t24-/m1/s1. The number of likely N-dealkylation sites (tertiary alicyclic amines) is 1. The second kappa shape index (κ2) is 9.89. The van der Waals surface area contributed by atoms with Crippen LogP contribution >= 0.6 is 0 Å². The largest absolute Gasteiger partial charge is 0.493 e. The van der Waals surface area contributed by atoms with Crippen LogP contribution in [0.3, 0.4) is 0 Å². The van der Waals surface area contributed by atoms with Crippen LogP contribution in [0.5, 0.6) is 17.2 Å². The number of hydrogen-bond acceptors (Lipinski definition) is 5. The lowest BCUT2D eigenvalue weighted by atomic mass is 9.80. The average Bonchev–Trinajstić information content (AvgIpc) is 2.81. The number of rotatable bonds is 7. The van der Waals surface area contributed by atoms with Gasteiger partial charge in [-0.1, -0.05) is 12.1 Å². The van der Waals surface area contributed by atoms with Crippen molar-refractivity contribution in [2.45, 2.75) is 26.3 Å². The van der Waals surface area contributed by atoms with Gasteiger partial charge in [-0.3, -0.25) is 9.59 Å². The Hall–Kier alpha value is -3.29. The Labute approximate surface area is 187 Å². The Morgan fingerprint density at radius 2 is 1.69 bits per heavy atom. The molecule has 2 aromatic carbocycles. The molecular weight excluding hydrogens is 415 g/mol. The van der Waals surface area contributed by atoms with E-state index in [1.54, 1.807) is 29.2 Å². The second-order valence-electron chi connectivity index (χ2n) is 8.11. The summed E-state index contributed by atoms with van der Waals surface area (Å²) >= 11 is 0. The fourth-order valence-corrected chi connectivity index (χ4v) is 3.98. The number of carbonyl (C=O) groups is 2. The number of methoxy groups -OCH3 is 3. The molecule has 1 saturated heterocycles. The minimum Gasteiger partial charge on any atom is -0.493 e. The highest BCUT2D eigenvalue weighted by atomic mass is 19.1. The maximum atomic E-state index is 13.3. The molecule has 0 spiro atoms. The van der Waals surface area contributed by atoms with E-state index in [-0.39, 0.29) is 24.2 Å². The summed E-state index contributed by atoms with van der Waals surface area (Å²) in [5.41, 5.74) is 0.481. The molecule has 8 heteroatoms. The number of ether oxygens (including phenoxy) is 3. The van der Waals surface area contributed by atoms with Gasteiger partial charge < -0.3 is 24.4 Å². The van der Waals surface area contributed by atoms with Crippen LogP contribution < -0.4 is 19.5 Å². The number of nitrogens with one attached hydrogen (secondary N) is 1. The quantitative estimate of drug-likeness (QED) is 0.708. The van der Waals surface area contributed by atoms with Crippen LogP contribution in [0, 0.1) is 11.2 Å². The van der Waals surface area contributed by atoms with Crippen molar-refractivity contribution >= 4 is 11.8 Å². The third kappa shape index (κ3) is 4.95. The van der Waals surface area contributed by atoms with E-state index in [1.165, 1.54) is 33.5 Å². The van der Waals surface area contributed by atoms with Crippen LogP contribution in [0.4, 0.5) is 4.39 Å². The molecule has 0 saturated carbocycles. The normalized spacial score (nSPS) is 18.1. The monoisotopic (exact) mass is 444 g/mol. The zero-order chi connectivity index (χ0) is 23.3. The minimum absolute atomic E-state index is 0.135. The first-order valence-electron chi connectivity index (χ1n) is 10.4. The molecule has 1 aliphatic rings. The number of piperidine rings is 1. The first-order chi connectivity index (χ1) is 15.3. The lowest BCUT2D eigenvalue weighted by Gasteiger charge is -2.39. The molecule has 32 heavy (non-hydrogen) atoms. The molecule has 1 aliphatic heterocycles. The molecule has 1 heterocycles. The number of nitrogens with zero attached hydrogens (tertiary/aromatic N) is 1. The van der Waals surface area contributed by atoms with Gasteiger partial charge in [0.25, 0.3) is 5.91 Å². The smallest absolute Gasteiger partial charge is 0.254 e. The van der Waals surface area contributed by atoms with Gasteiger partial charge in [-0.25, -0.2) is 4.39 Å². The molecule has 2 aromatic rings. The van der Waals surface area contributed by atoms with E-state index in [2.05, 4.69) is 5.32 Å². The third-order valence-electron chi connectivity index (χ3n) is 5.81. The van der Waals surface area contributed by atoms with Crippen molar-refractivity contribution in [2.75, 3.05) is 34.4 Å². The average molecular weight is 445 g/mol. The van der Waals surface area contributed by atoms with Gasteiger partial charge in [0.1, 0.15) is 5.82 Å². The molecule has 1 N–H and O–H groups in total. The molecule has 0 aromatic heterocycles. The molecular formula is C24H29FN2O5. The molecule has 0 bridgehead atoms. The predicted molar refractivity (Wildman–Crippen MR) is 118 cm³/mol. The van der Waals surface area contributed by atoms with Crippen molar-refractivity contribution in [2.24, 2.45) is 5.41 Å². The van der Waals surface area contributed by atoms with Gasteiger partial charge in [0.15, 0.2) is 11.5 Å². The predicted octanol–water partition coefficient (Wildman–Crippen LogP) is 3.41. The molecule has 3 rings (SSSR count). The van der Waals surface area contributed by atoms with Crippen LogP contribution in [-0.4, -0.2) is 51.1 Å². The molecule has 7 nitrogen and oxygen atoms in total. The SMILES string of the molecule is COc1cc(C(=O)N2CCC[C@@](C)(C(=O)NCc3ccc(F)cc3)C2)cc(OC)c1OC. The van der Waals surface area contributed by atoms with Crippen molar-refractivity contribution < 1.29 is 28.2 Å². The van der Waals surface area contributed by atoms with E-state index in [9.17, 15) is 14.0 Å². The molecule has 1 fully saturated rings. The first-order valence-corrected chi connectivity index (χ1v) is 10.4. The Kier molecular flexibility index (Phi) is 7.22. The first kappa shape index (κ1) is 23.4. The highest BCUT2D eigenvalue weighted by Gasteiger charge is 2.39. The number of amides is 2. The van der Waals surface area contributed by atoms with Crippen LogP contribution in [0.2, 0.25) is 0 Å². The van der Waals surface area contributed by atoms with Gasteiger partial charge in [0, 0.05) is 25.2 Å². The number of carbonyl (C=O) groups excluding carboxylic acids is 2. The van der Waals surface area contributed by atoms with Gasteiger partial charge in [0.2, 0.25) is 11.7 Å². The van der Waals surface area contributed by atoms with Crippen LogP contribution in [-0.2, 0) is 11.3 Å². The Balaban J connectivity index is 1.73. The van der Waals surface area contributed by atoms with Crippen molar-refractivity contribution in [3.63, 3.8) is 0 Å². The summed E-state index contributed by atoms with van der Waals surface area (Å²) in [7, 11) is 4.49. The van der Waals surface area contributed by atoms with E-state index in [0.29, 0.717) is 48.7 Å². The fourth-order valence-electron chi connectivity index (χ4n) is 3.98. The molecule has 1 atom stereocenters. The van der Waals surface area contributed by atoms with Gasteiger partial charge in [0.05, 0.1) is 26.7 Å². The highest BCUT2D eigenvalue weighted by Crippen LogP contribution is 2.39. The van der Waals surface area contributed by atoms with E-state index in [1.807, 2.05) is 6.92 Å². The highest BCUT2D eigenvalue weighted by molar-refractivity contribution is 5.96. The Morgan fingerprint density at radius 3 is 2.25 bits per heavy atom. The lowest BCUT2D eigenvalue weighted by Crippen LogP contribution is -2.51. The van der Waals surface area contributed by atoms with Gasteiger partial charge in [-0.2, -0.15) is 0 Å². The summed E-state index contributed by atoms with van der Waals surface area (Å²) in [6.45, 7) is 3.01. The lowest BCUT2D eigenvalue weighted by molar-refractivity contribution is -0.132. The number of halogens is 1. The summed E-state index contributed by atoms with van der Waals surface area (Å²) in [4.78, 5) is 27.9. The van der Waals surface area contributed by atoms with Crippen LogP contribution in [0.15, 0.2) is 36.4 Å². The maximum absolute atomic E-state index is 13.3. The van der Waals surface area contributed by atoms with Crippen molar-refractivity contribution in [1.82, 2.24) is 10.2 Å². The Morgan fingerprint density at radius 1 is 1.06 bits per heavy atom. The van der Waals surface area contributed by atoms with Gasteiger partial charge in [-0.05, 0) is 49.6 Å². The molecule has 2 amide bonds. The van der Waals surface area contributed by atoms with Gasteiger partial charge >= 0.3 is 0 Å². The van der Waals surface area contributed by atoms with E-state index >= 15 is 0 Å². The fraction of sp³-hybridized carbons (Fsp3) is 0.417. The minimum atomic E-state index is -0.728. The summed E-state index contributed by atoms with van der Waals surface area (Å²) < 4.78 is 29.1. The molecule has 0 aliphatic carbocycles. The summed E-state index contributed by atoms with van der Waals surface area (Å²) in [5, 5.41) is 2.92. The number of hydrogen-bond donors (Lipinski definition) is 1. The molecule has 0 unspecified atom stereocenters. The second-order valence-corrected chi connectivity index (χ2v) is 8.11. The summed E-state index contributed by atoms with van der Waals surface area (Å²) in [6.07, 6.45) is 1.37. The van der Waals surface area contributed by atoms with E-state index < -0.39 is 5.41 Å². The van der Waals surface area contributed by atoms with Gasteiger partial charge in [-0.15, -0.1) is 0 Å². The number of benzene rings is 2.